The predicted octanol–water partition coefficient (Wildman–Crippen LogP) is 3.53. The molecule has 0 saturated carbocycles. The van der Waals surface area contributed by atoms with Crippen molar-refractivity contribution in [2.45, 2.75) is 46.1 Å². The molecule has 0 N–H and O–H groups in total. The lowest BCUT2D eigenvalue weighted by atomic mass is 9.92. The smallest absolute Gasteiger partial charge is 0.00717 e. The number of piperidine rings is 1. The molecule has 1 nitrogen and oxygen atoms in total. The van der Waals surface area contributed by atoms with Crippen LogP contribution in [0.15, 0.2) is 0 Å². The van der Waals surface area contributed by atoms with Crippen LogP contribution in [-0.4, -0.2) is 29.4 Å². The third-order valence-electron chi connectivity index (χ3n) is 3.56. The highest BCUT2D eigenvalue weighted by atomic mass is 79.9. The minimum atomic E-state index is 0.798. The van der Waals surface area contributed by atoms with E-state index in [9.17, 15) is 0 Å². The first-order valence-electron chi connectivity index (χ1n) is 5.97. The largest absolute Gasteiger partial charge is 0.300 e. The molecule has 0 aromatic heterocycles. The molecule has 0 spiro atoms. The molecule has 1 aliphatic rings. The van der Waals surface area contributed by atoms with Gasteiger partial charge in [-0.1, -0.05) is 36.2 Å². The van der Waals surface area contributed by atoms with Gasteiger partial charge in [0.05, 0.1) is 0 Å². The van der Waals surface area contributed by atoms with Crippen molar-refractivity contribution >= 4 is 15.9 Å². The molecule has 1 saturated heterocycles. The van der Waals surface area contributed by atoms with Gasteiger partial charge in [0.1, 0.15) is 0 Å². The molecule has 0 bridgehead atoms. The third kappa shape index (κ3) is 3.54. The molecule has 0 amide bonds. The van der Waals surface area contributed by atoms with E-state index >= 15 is 0 Å². The highest BCUT2D eigenvalue weighted by molar-refractivity contribution is 9.09. The van der Waals surface area contributed by atoms with Gasteiger partial charge in [-0.3, -0.25) is 0 Å². The van der Waals surface area contributed by atoms with E-state index in [2.05, 4.69) is 41.6 Å². The molecule has 0 aliphatic carbocycles. The Morgan fingerprint density at radius 1 is 1.43 bits per heavy atom. The van der Waals surface area contributed by atoms with Gasteiger partial charge in [-0.25, -0.2) is 0 Å². The number of rotatable bonds is 4. The zero-order valence-electron chi connectivity index (χ0n) is 9.80. The molecule has 2 heteroatoms. The van der Waals surface area contributed by atoms with E-state index in [-0.39, 0.29) is 0 Å². The molecule has 1 heterocycles. The van der Waals surface area contributed by atoms with Gasteiger partial charge in [0.25, 0.3) is 0 Å². The van der Waals surface area contributed by atoms with Crippen molar-refractivity contribution in [2.24, 2.45) is 11.8 Å². The SMILES string of the molecule is CCC(CBr)CN1CCC(C)CC1C. The van der Waals surface area contributed by atoms with Crippen LogP contribution in [0.1, 0.15) is 40.0 Å². The molecule has 14 heavy (non-hydrogen) atoms. The van der Waals surface area contributed by atoms with Crippen LogP contribution in [0.3, 0.4) is 0 Å². The lowest BCUT2D eigenvalue weighted by molar-refractivity contribution is 0.113. The molecular weight excluding hydrogens is 238 g/mol. The van der Waals surface area contributed by atoms with Gasteiger partial charge in [-0.05, 0) is 38.1 Å². The van der Waals surface area contributed by atoms with Crippen LogP contribution in [0.2, 0.25) is 0 Å². The monoisotopic (exact) mass is 261 g/mol. The second-order valence-electron chi connectivity index (χ2n) is 4.90. The quantitative estimate of drug-likeness (QED) is 0.700. The van der Waals surface area contributed by atoms with Gasteiger partial charge in [0.2, 0.25) is 0 Å². The van der Waals surface area contributed by atoms with E-state index in [1.54, 1.807) is 0 Å². The third-order valence-corrected chi connectivity index (χ3v) is 4.48. The van der Waals surface area contributed by atoms with Gasteiger partial charge in [0.15, 0.2) is 0 Å². The van der Waals surface area contributed by atoms with Crippen molar-refractivity contribution in [3.63, 3.8) is 0 Å². The topological polar surface area (TPSA) is 3.24 Å². The molecule has 0 aromatic carbocycles. The van der Waals surface area contributed by atoms with Crippen molar-refractivity contribution in [3.8, 4) is 0 Å². The summed E-state index contributed by atoms with van der Waals surface area (Å²) < 4.78 is 0. The van der Waals surface area contributed by atoms with Crippen LogP contribution in [0.4, 0.5) is 0 Å². The first-order chi connectivity index (χ1) is 6.67. The van der Waals surface area contributed by atoms with Crippen LogP contribution < -0.4 is 0 Å². The van der Waals surface area contributed by atoms with Crippen molar-refractivity contribution in [1.82, 2.24) is 4.90 Å². The minimum absolute atomic E-state index is 0.798. The molecule has 0 aromatic rings. The first kappa shape index (κ1) is 12.5. The van der Waals surface area contributed by atoms with E-state index < -0.39 is 0 Å². The summed E-state index contributed by atoms with van der Waals surface area (Å²) in [5.41, 5.74) is 0. The van der Waals surface area contributed by atoms with Gasteiger partial charge >= 0.3 is 0 Å². The maximum Gasteiger partial charge on any atom is 0.00717 e. The van der Waals surface area contributed by atoms with Crippen LogP contribution in [-0.2, 0) is 0 Å². The number of hydrogen-bond acceptors (Lipinski definition) is 1. The molecule has 84 valence electrons. The number of alkyl halides is 1. The first-order valence-corrected chi connectivity index (χ1v) is 7.09. The Kier molecular flexibility index (Phi) is 5.47. The zero-order chi connectivity index (χ0) is 10.6. The Balaban J connectivity index is 2.36. The second kappa shape index (κ2) is 6.12. The van der Waals surface area contributed by atoms with Crippen molar-refractivity contribution in [3.05, 3.63) is 0 Å². The zero-order valence-corrected chi connectivity index (χ0v) is 11.4. The van der Waals surface area contributed by atoms with Crippen LogP contribution >= 0.6 is 15.9 Å². The van der Waals surface area contributed by atoms with Gasteiger partial charge in [-0.15, -0.1) is 0 Å². The fourth-order valence-electron chi connectivity index (χ4n) is 2.35. The fraction of sp³-hybridized carbons (Fsp3) is 1.00. The summed E-state index contributed by atoms with van der Waals surface area (Å²) >= 11 is 3.61. The maximum absolute atomic E-state index is 3.61. The van der Waals surface area contributed by atoms with Crippen molar-refractivity contribution in [2.75, 3.05) is 18.4 Å². The molecule has 1 aliphatic heterocycles. The summed E-state index contributed by atoms with van der Waals surface area (Å²) in [6.45, 7) is 9.66. The normalized spacial score (nSPS) is 31.7. The summed E-state index contributed by atoms with van der Waals surface area (Å²) in [6, 6.07) is 0.798. The Morgan fingerprint density at radius 2 is 2.14 bits per heavy atom. The Labute approximate surface area is 97.4 Å². The molecular formula is C12H24BrN. The number of nitrogens with zero attached hydrogens (tertiary/aromatic N) is 1. The van der Waals surface area contributed by atoms with Gasteiger partial charge < -0.3 is 4.90 Å². The predicted molar refractivity (Wildman–Crippen MR) is 67.0 cm³/mol. The average Bonchev–Trinajstić information content (AvgIpc) is 2.17. The minimum Gasteiger partial charge on any atom is -0.300 e. The van der Waals surface area contributed by atoms with E-state index in [0.29, 0.717) is 0 Å². The molecule has 3 atom stereocenters. The van der Waals surface area contributed by atoms with Crippen molar-refractivity contribution in [1.29, 1.82) is 0 Å². The van der Waals surface area contributed by atoms with E-state index in [4.69, 9.17) is 0 Å². The lowest BCUT2D eigenvalue weighted by Gasteiger charge is -2.38. The summed E-state index contributed by atoms with van der Waals surface area (Å²) in [5.74, 6) is 1.77. The van der Waals surface area contributed by atoms with Crippen LogP contribution in [0, 0.1) is 11.8 Å². The van der Waals surface area contributed by atoms with E-state index in [1.165, 1.54) is 32.4 Å². The lowest BCUT2D eigenvalue weighted by Crippen LogP contribution is -2.43. The second-order valence-corrected chi connectivity index (χ2v) is 5.55. The van der Waals surface area contributed by atoms with Gasteiger partial charge in [-0.2, -0.15) is 0 Å². The Bertz CT molecular complexity index is 156. The summed E-state index contributed by atoms with van der Waals surface area (Å²) in [7, 11) is 0. The van der Waals surface area contributed by atoms with Crippen molar-refractivity contribution < 1.29 is 0 Å². The molecule has 3 unspecified atom stereocenters. The molecule has 1 fully saturated rings. The maximum atomic E-state index is 3.61. The molecule has 0 radical (unpaired) electrons. The van der Waals surface area contributed by atoms with E-state index in [0.717, 1.165) is 23.2 Å². The highest BCUT2D eigenvalue weighted by Gasteiger charge is 2.24. The van der Waals surface area contributed by atoms with Gasteiger partial charge in [0, 0.05) is 17.9 Å². The highest BCUT2D eigenvalue weighted by Crippen LogP contribution is 2.23. The van der Waals surface area contributed by atoms with Crippen LogP contribution in [0.5, 0.6) is 0 Å². The fourth-order valence-corrected chi connectivity index (χ4v) is 3.01. The standard InChI is InChI=1S/C12H24BrN/c1-4-12(8-13)9-14-6-5-10(2)7-11(14)3/h10-12H,4-9H2,1-3H3. The van der Waals surface area contributed by atoms with E-state index in [1.807, 2.05) is 0 Å². The number of likely N-dealkylation sites (tertiary alicyclic amines) is 1. The number of hydrogen-bond donors (Lipinski definition) is 0. The molecule has 1 rings (SSSR count). The van der Waals surface area contributed by atoms with Crippen LogP contribution in [0.25, 0.3) is 0 Å². The Hall–Kier alpha value is 0.440. The summed E-state index contributed by atoms with van der Waals surface area (Å²) in [4.78, 5) is 2.68. The summed E-state index contributed by atoms with van der Waals surface area (Å²) in [6.07, 6.45) is 4.08. The number of halogens is 1. The Morgan fingerprint density at radius 3 is 2.64 bits per heavy atom. The summed E-state index contributed by atoms with van der Waals surface area (Å²) in [5, 5.41) is 1.16. The average molecular weight is 262 g/mol.